The van der Waals surface area contributed by atoms with Crippen LogP contribution in [-0.4, -0.2) is 43.9 Å². The van der Waals surface area contributed by atoms with E-state index in [1.165, 1.54) is 23.0 Å². The van der Waals surface area contributed by atoms with Crippen LogP contribution in [0.25, 0.3) is 10.2 Å². The Kier molecular flexibility index (Phi) is 5.91. The molecule has 0 aliphatic carbocycles. The van der Waals surface area contributed by atoms with E-state index in [-0.39, 0.29) is 11.7 Å². The molecule has 28 heavy (non-hydrogen) atoms. The first-order valence-corrected chi connectivity index (χ1v) is 10.2. The number of ketones is 1. The monoisotopic (exact) mass is 396 g/mol. The van der Waals surface area contributed by atoms with E-state index < -0.39 is 0 Å². The molecular weight excluding hydrogens is 370 g/mol. The van der Waals surface area contributed by atoms with E-state index in [2.05, 4.69) is 40.1 Å². The number of anilines is 1. The van der Waals surface area contributed by atoms with Gasteiger partial charge in [-0.2, -0.15) is 0 Å². The van der Waals surface area contributed by atoms with Crippen LogP contribution >= 0.6 is 11.3 Å². The van der Waals surface area contributed by atoms with Gasteiger partial charge in [-0.1, -0.05) is 23.5 Å². The van der Waals surface area contributed by atoms with E-state index in [4.69, 9.17) is 4.98 Å². The molecule has 6 heteroatoms. The lowest BCUT2D eigenvalue weighted by Crippen LogP contribution is -3.06. The number of likely N-dealkylation sites (N-methyl/N-ethyl adjacent to an activating group) is 1. The maximum absolute atomic E-state index is 13.2. The largest absolute Gasteiger partial charge is 0.338 e. The second-order valence-corrected chi connectivity index (χ2v) is 8.46. The van der Waals surface area contributed by atoms with E-state index in [9.17, 15) is 9.59 Å². The number of fused-ring (bicyclic) bond motifs is 1. The van der Waals surface area contributed by atoms with Gasteiger partial charge in [0.05, 0.1) is 37.4 Å². The molecule has 0 aliphatic rings. The molecule has 5 nitrogen and oxygen atoms in total. The zero-order chi connectivity index (χ0) is 20.4. The number of quaternary nitrogens is 1. The molecule has 0 aliphatic heterocycles. The number of nitrogens with one attached hydrogen (secondary N) is 1. The lowest BCUT2D eigenvalue weighted by molar-refractivity contribution is -0.856. The average molecular weight is 397 g/mol. The van der Waals surface area contributed by atoms with Gasteiger partial charge in [-0.05, 0) is 56.2 Å². The molecule has 0 spiro atoms. The molecule has 0 bridgehead atoms. The summed E-state index contributed by atoms with van der Waals surface area (Å²) in [7, 11) is 4.13. The van der Waals surface area contributed by atoms with Crippen LogP contribution in [0.2, 0.25) is 0 Å². The van der Waals surface area contributed by atoms with E-state index in [1.807, 2.05) is 0 Å². The molecule has 0 unspecified atom stereocenters. The molecule has 0 radical (unpaired) electrons. The van der Waals surface area contributed by atoms with Gasteiger partial charge in [-0.15, -0.1) is 0 Å². The van der Waals surface area contributed by atoms with Crippen molar-refractivity contribution in [3.63, 3.8) is 0 Å². The number of carbonyl (C=O) groups is 2. The molecule has 2 aromatic carbocycles. The van der Waals surface area contributed by atoms with Crippen LogP contribution in [0.5, 0.6) is 0 Å². The van der Waals surface area contributed by atoms with Crippen LogP contribution in [0.3, 0.4) is 0 Å². The molecule has 3 aromatic rings. The standard InChI is InChI=1S/C22H25N3O2S/c1-14-12-19-20(13-15(14)2)28-22(23-19)25(11-10-24(4)5)21(27)18-8-6-17(7-9-18)16(3)26/h6-9,12-13H,10-11H2,1-5H3/p+1. The van der Waals surface area contributed by atoms with E-state index in [1.54, 1.807) is 40.5 Å². The summed E-state index contributed by atoms with van der Waals surface area (Å²) >= 11 is 1.54. The van der Waals surface area contributed by atoms with Crippen molar-refractivity contribution in [1.82, 2.24) is 4.98 Å². The summed E-state index contributed by atoms with van der Waals surface area (Å²) in [5.41, 5.74) is 4.50. The zero-order valence-corrected chi connectivity index (χ0v) is 17.8. The van der Waals surface area contributed by atoms with Gasteiger partial charge in [0.25, 0.3) is 5.91 Å². The highest BCUT2D eigenvalue weighted by molar-refractivity contribution is 7.22. The van der Waals surface area contributed by atoms with Crippen molar-refractivity contribution in [2.24, 2.45) is 0 Å². The van der Waals surface area contributed by atoms with Crippen molar-refractivity contribution < 1.29 is 14.5 Å². The third-order valence-electron chi connectivity index (χ3n) is 4.84. The number of nitrogens with zero attached hydrogens (tertiary/aromatic N) is 2. The maximum atomic E-state index is 13.2. The second kappa shape index (κ2) is 8.20. The second-order valence-electron chi connectivity index (χ2n) is 7.45. The molecule has 0 saturated carbocycles. The molecule has 146 valence electrons. The third kappa shape index (κ3) is 4.29. The van der Waals surface area contributed by atoms with Crippen molar-refractivity contribution in [2.75, 3.05) is 32.1 Å². The topological polar surface area (TPSA) is 54.7 Å². The van der Waals surface area contributed by atoms with E-state index in [0.717, 1.165) is 16.8 Å². The number of hydrogen-bond donors (Lipinski definition) is 1. The Labute approximate surface area is 169 Å². The fourth-order valence-corrected chi connectivity index (χ4v) is 3.98. The van der Waals surface area contributed by atoms with Gasteiger partial charge in [0.1, 0.15) is 0 Å². The molecule has 1 aromatic heterocycles. The number of carbonyl (C=O) groups excluding carboxylic acids is 2. The molecule has 1 amide bonds. The van der Waals surface area contributed by atoms with Crippen LogP contribution in [0.4, 0.5) is 5.13 Å². The van der Waals surface area contributed by atoms with Gasteiger partial charge < -0.3 is 4.90 Å². The Hall–Kier alpha value is -2.57. The third-order valence-corrected chi connectivity index (χ3v) is 5.88. The van der Waals surface area contributed by atoms with Crippen LogP contribution in [0.15, 0.2) is 36.4 Å². The lowest BCUT2D eigenvalue weighted by Gasteiger charge is -2.20. The van der Waals surface area contributed by atoms with Gasteiger partial charge in [-0.25, -0.2) is 4.98 Å². The molecule has 1 heterocycles. The van der Waals surface area contributed by atoms with Crippen LogP contribution in [-0.2, 0) is 0 Å². The number of hydrogen-bond acceptors (Lipinski definition) is 4. The maximum Gasteiger partial charge on any atom is 0.260 e. The summed E-state index contributed by atoms with van der Waals surface area (Å²) in [5.74, 6) is -0.104. The minimum Gasteiger partial charge on any atom is -0.338 e. The molecule has 0 saturated heterocycles. The molecule has 1 N–H and O–H groups in total. The molecule has 0 atom stereocenters. The first-order chi connectivity index (χ1) is 13.3. The molecule has 3 rings (SSSR count). The van der Waals surface area contributed by atoms with Crippen molar-refractivity contribution in [3.05, 3.63) is 58.7 Å². The quantitative estimate of drug-likeness (QED) is 0.652. The van der Waals surface area contributed by atoms with E-state index >= 15 is 0 Å². The molecular formula is C22H26N3O2S+. The Balaban J connectivity index is 1.98. The predicted molar refractivity (Wildman–Crippen MR) is 115 cm³/mol. The number of benzene rings is 2. The van der Waals surface area contributed by atoms with Gasteiger partial charge >= 0.3 is 0 Å². The van der Waals surface area contributed by atoms with Gasteiger partial charge in [0.2, 0.25) is 0 Å². The fourth-order valence-electron chi connectivity index (χ4n) is 2.91. The van der Waals surface area contributed by atoms with Crippen molar-refractivity contribution >= 4 is 38.4 Å². The summed E-state index contributed by atoms with van der Waals surface area (Å²) in [4.78, 5) is 32.5. The Morgan fingerprint density at radius 2 is 1.64 bits per heavy atom. The highest BCUT2D eigenvalue weighted by atomic mass is 32.1. The number of aryl methyl sites for hydroxylation is 2. The van der Waals surface area contributed by atoms with Gasteiger partial charge in [0, 0.05) is 11.1 Å². The lowest BCUT2D eigenvalue weighted by atomic mass is 10.1. The summed E-state index contributed by atoms with van der Waals surface area (Å²) in [6.45, 7) is 7.07. The average Bonchev–Trinajstić information content (AvgIpc) is 3.04. The number of aromatic nitrogens is 1. The van der Waals surface area contributed by atoms with Gasteiger partial charge in [-0.3, -0.25) is 14.5 Å². The smallest absolute Gasteiger partial charge is 0.260 e. The Morgan fingerprint density at radius 3 is 2.25 bits per heavy atom. The normalized spacial score (nSPS) is 11.2. The first kappa shape index (κ1) is 20.2. The number of rotatable bonds is 6. The van der Waals surface area contributed by atoms with Crippen molar-refractivity contribution in [2.45, 2.75) is 20.8 Å². The first-order valence-electron chi connectivity index (χ1n) is 9.36. The summed E-state index contributed by atoms with van der Waals surface area (Å²) in [6, 6.07) is 11.1. The highest BCUT2D eigenvalue weighted by Crippen LogP contribution is 2.31. The van der Waals surface area contributed by atoms with Crippen LogP contribution in [0, 0.1) is 13.8 Å². The van der Waals surface area contributed by atoms with E-state index in [0.29, 0.717) is 22.8 Å². The Bertz CT molecular complexity index is 983. The number of amides is 1. The number of Topliss-reactive ketones (excluding diaryl/α,β-unsaturated/α-hetero) is 1. The predicted octanol–water partition coefficient (Wildman–Crippen LogP) is 2.91. The van der Waals surface area contributed by atoms with Gasteiger partial charge in [0.15, 0.2) is 10.9 Å². The summed E-state index contributed by atoms with van der Waals surface area (Å²) in [5, 5.41) is 0.710. The minimum atomic E-state index is -0.0937. The number of thiazole rings is 1. The van der Waals surface area contributed by atoms with Crippen LogP contribution in [0.1, 0.15) is 38.8 Å². The Morgan fingerprint density at radius 1 is 1.04 bits per heavy atom. The SMILES string of the molecule is CC(=O)c1ccc(C(=O)N(CC[NH+](C)C)c2nc3cc(C)c(C)cc3s2)cc1. The highest BCUT2D eigenvalue weighted by Gasteiger charge is 2.22. The van der Waals surface area contributed by atoms with Crippen molar-refractivity contribution in [1.29, 1.82) is 0 Å². The molecule has 0 fully saturated rings. The minimum absolute atomic E-state index is 0.0102. The van der Waals surface area contributed by atoms with Crippen molar-refractivity contribution in [3.8, 4) is 0 Å². The zero-order valence-electron chi connectivity index (χ0n) is 17.0. The van der Waals surface area contributed by atoms with Crippen LogP contribution < -0.4 is 9.80 Å². The fraction of sp³-hybridized carbons (Fsp3) is 0.318. The summed E-state index contributed by atoms with van der Waals surface area (Å²) < 4.78 is 1.08. The summed E-state index contributed by atoms with van der Waals surface area (Å²) in [6.07, 6.45) is 0.